The zero-order valence-electron chi connectivity index (χ0n) is 12.9. The van der Waals surface area contributed by atoms with Crippen molar-refractivity contribution in [1.29, 1.82) is 0 Å². The van der Waals surface area contributed by atoms with Gasteiger partial charge in [0.25, 0.3) is 0 Å². The maximum absolute atomic E-state index is 13.2. The normalized spacial score (nSPS) is 14.2. The maximum atomic E-state index is 13.2. The third-order valence-corrected chi connectivity index (χ3v) is 3.86. The van der Waals surface area contributed by atoms with Crippen molar-refractivity contribution in [3.05, 3.63) is 65.3 Å². The standard InChI is InChI=1S/C17H13F2N3O3/c18-13-2-1-11(7-14(13)19)15(23)12-8-20-16(21-9-12)10-3-5-22(6-4-10)17(24)25/h1-3,7-9H,4-6H2,(H,24,25). The lowest BCUT2D eigenvalue weighted by Crippen LogP contribution is -2.33. The van der Waals surface area contributed by atoms with Crippen LogP contribution in [0.4, 0.5) is 13.6 Å². The van der Waals surface area contributed by atoms with E-state index in [0.717, 1.165) is 17.7 Å². The number of rotatable bonds is 3. The van der Waals surface area contributed by atoms with Gasteiger partial charge < -0.3 is 10.0 Å². The lowest BCUT2D eigenvalue weighted by Gasteiger charge is -2.22. The molecule has 1 aromatic heterocycles. The minimum Gasteiger partial charge on any atom is -0.465 e. The summed E-state index contributed by atoms with van der Waals surface area (Å²) in [4.78, 5) is 32.7. The number of amides is 1. The van der Waals surface area contributed by atoms with Gasteiger partial charge >= 0.3 is 6.09 Å². The van der Waals surface area contributed by atoms with Crippen molar-refractivity contribution in [3.8, 4) is 0 Å². The highest BCUT2D eigenvalue weighted by atomic mass is 19.2. The first-order valence-corrected chi connectivity index (χ1v) is 7.45. The fraction of sp³-hybridized carbons (Fsp3) is 0.176. The summed E-state index contributed by atoms with van der Waals surface area (Å²) in [6, 6.07) is 2.91. The number of carbonyl (C=O) groups is 2. The predicted octanol–water partition coefficient (Wildman–Crippen LogP) is 2.75. The molecule has 8 heteroatoms. The van der Waals surface area contributed by atoms with E-state index in [9.17, 15) is 18.4 Å². The summed E-state index contributed by atoms with van der Waals surface area (Å²) in [6.45, 7) is 0.601. The number of hydrogen-bond acceptors (Lipinski definition) is 4. The average molecular weight is 345 g/mol. The number of halogens is 2. The van der Waals surface area contributed by atoms with Gasteiger partial charge in [-0.3, -0.25) is 4.79 Å². The summed E-state index contributed by atoms with van der Waals surface area (Å²) in [5.41, 5.74) is 0.951. The molecule has 1 aliphatic heterocycles. The molecular weight excluding hydrogens is 332 g/mol. The Morgan fingerprint density at radius 2 is 1.80 bits per heavy atom. The van der Waals surface area contributed by atoms with E-state index in [4.69, 9.17) is 5.11 Å². The topological polar surface area (TPSA) is 83.4 Å². The van der Waals surface area contributed by atoms with Crippen LogP contribution < -0.4 is 0 Å². The second kappa shape index (κ2) is 6.76. The fourth-order valence-corrected chi connectivity index (χ4v) is 2.46. The first-order valence-electron chi connectivity index (χ1n) is 7.45. The van der Waals surface area contributed by atoms with Crippen LogP contribution in [0.3, 0.4) is 0 Å². The van der Waals surface area contributed by atoms with E-state index in [1.165, 1.54) is 23.4 Å². The van der Waals surface area contributed by atoms with Gasteiger partial charge in [0.05, 0.1) is 5.56 Å². The number of nitrogens with zero attached hydrogens (tertiary/aromatic N) is 3. The van der Waals surface area contributed by atoms with Crippen molar-refractivity contribution in [2.75, 3.05) is 13.1 Å². The van der Waals surface area contributed by atoms with E-state index >= 15 is 0 Å². The van der Waals surface area contributed by atoms with Crippen LogP contribution in [0.1, 0.15) is 28.2 Å². The summed E-state index contributed by atoms with van der Waals surface area (Å²) in [5, 5.41) is 8.92. The molecule has 6 nitrogen and oxygen atoms in total. The Labute approximate surface area is 141 Å². The molecule has 3 rings (SSSR count). The highest BCUT2D eigenvalue weighted by molar-refractivity contribution is 6.08. The largest absolute Gasteiger partial charge is 0.465 e. The lowest BCUT2D eigenvalue weighted by molar-refractivity contribution is 0.103. The molecule has 2 heterocycles. The number of ketones is 1. The van der Waals surface area contributed by atoms with Gasteiger partial charge in [0, 0.05) is 31.0 Å². The quantitative estimate of drug-likeness (QED) is 0.865. The molecular formula is C17H13F2N3O3. The zero-order chi connectivity index (χ0) is 18.0. The number of aromatic nitrogens is 2. The van der Waals surface area contributed by atoms with Crippen LogP contribution in [0, 0.1) is 11.6 Å². The average Bonchev–Trinajstić information content (AvgIpc) is 2.63. The van der Waals surface area contributed by atoms with Gasteiger partial charge in [-0.1, -0.05) is 6.08 Å². The highest BCUT2D eigenvalue weighted by Crippen LogP contribution is 2.20. The van der Waals surface area contributed by atoms with Gasteiger partial charge in [-0.2, -0.15) is 0 Å². The first kappa shape index (κ1) is 16.7. The van der Waals surface area contributed by atoms with Gasteiger partial charge in [0.1, 0.15) is 0 Å². The molecule has 1 aliphatic rings. The summed E-state index contributed by atoms with van der Waals surface area (Å²) < 4.78 is 26.2. The fourth-order valence-electron chi connectivity index (χ4n) is 2.46. The second-order valence-electron chi connectivity index (χ2n) is 5.46. The van der Waals surface area contributed by atoms with Crippen molar-refractivity contribution < 1.29 is 23.5 Å². The first-order chi connectivity index (χ1) is 12.0. The summed E-state index contributed by atoms with van der Waals surface area (Å²) in [5.74, 6) is -2.23. The van der Waals surface area contributed by atoms with E-state index in [-0.39, 0.29) is 17.7 Å². The predicted molar refractivity (Wildman–Crippen MR) is 84.0 cm³/mol. The molecule has 2 aromatic rings. The monoisotopic (exact) mass is 345 g/mol. The van der Waals surface area contributed by atoms with Crippen molar-refractivity contribution in [2.24, 2.45) is 0 Å². The lowest BCUT2D eigenvalue weighted by atomic mass is 10.1. The molecule has 0 fully saturated rings. The van der Waals surface area contributed by atoms with Gasteiger partial charge in [0.2, 0.25) is 0 Å². The third-order valence-electron chi connectivity index (χ3n) is 3.86. The van der Waals surface area contributed by atoms with Crippen LogP contribution in [0.5, 0.6) is 0 Å². The minimum absolute atomic E-state index is 0.00392. The molecule has 0 aliphatic carbocycles. The molecule has 0 saturated heterocycles. The van der Waals surface area contributed by atoms with E-state index in [1.54, 1.807) is 6.08 Å². The number of carbonyl (C=O) groups excluding carboxylic acids is 1. The van der Waals surface area contributed by atoms with Crippen LogP contribution in [0.25, 0.3) is 5.57 Å². The van der Waals surface area contributed by atoms with E-state index < -0.39 is 23.5 Å². The van der Waals surface area contributed by atoms with Gasteiger partial charge in [-0.25, -0.2) is 23.5 Å². The van der Waals surface area contributed by atoms with E-state index in [1.807, 2.05) is 0 Å². The summed E-state index contributed by atoms with van der Waals surface area (Å²) in [6.07, 6.45) is 3.85. The van der Waals surface area contributed by atoms with E-state index in [0.29, 0.717) is 18.8 Å². The van der Waals surface area contributed by atoms with Crippen LogP contribution in [-0.2, 0) is 0 Å². The Bertz CT molecular complexity index is 866. The maximum Gasteiger partial charge on any atom is 0.407 e. The Balaban J connectivity index is 1.77. The third kappa shape index (κ3) is 3.52. The van der Waals surface area contributed by atoms with Crippen LogP contribution in [-0.4, -0.2) is 44.9 Å². The molecule has 0 atom stereocenters. The molecule has 1 aromatic carbocycles. The van der Waals surface area contributed by atoms with Crippen LogP contribution in [0.2, 0.25) is 0 Å². The zero-order valence-corrected chi connectivity index (χ0v) is 12.9. The SMILES string of the molecule is O=C(c1cnc(C2=CCN(C(=O)O)CC2)nc1)c1ccc(F)c(F)c1. The second-order valence-corrected chi connectivity index (χ2v) is 5.46. The smallest absolute Gasteiger partial charge is 0.407 e. The van der Waals surface area contributed by atoms with Crippen molar-refractivity contribution in [1.82, 2.24) is 14.9 Å². The van der Waals surface area contributed by atoms with Crippen LogP contribution >= 0.6 is 0 Å². The van der Waals surface area contributed by atoms with Crippen molar-refractivity contribution in [3.63, 3.8) is 0 Å². The molecule has 1 N–H and O–H groups in total. The molecule has 0 bridgehead atoms. The minimum atomic E-state index is -1.10. The van der Waals surface area contributed by atoms with Crippen molar-refractivity contribution >= 4 is 17.4 Å². The van der Waals surface area contributed by atoms with Crippen LogP contribution in [0.15, 0.2) is 36.7 Å². The summed E-state index contributed by atoms with van der Waals surface area (Å²) in [7, 11) is 0. The van der Waals surface area contributed by atoms with Gasteiger partial charge in [0.15, 0.2) is 23.2 Å². The number of benzene rings is 1. The Kier molecular flexibility index (Phi) is 4.51. The summed E-state index contributed by atoms with van der Waals surface area (Å²) >= 11 is 0. The molecule has 0 radical (unpaired) electrons. The molecule has 0 spiro atoms. The molecule has 1 amide bonds. The Hall–Kier alpha value is -3.16. The van der Waals surface area contributed by atoms with E-state index in [2.05, 4.69) is 9.97 Å². The molecule has 25 heavy (non-hydrogen) atoms. The Morgan fingerprint density at radius 3 is 2.36 bits per heavy atom. The molecule has 0 unspecified atom stereocenters. The highest BCUT2D eigenvalue weighted by Gasteiger charge is 2.19. The number of hydrogen-bond donors (Lipinski definition) is 1. The van der Waals surface area contributed by atoms with Crippen molar-refractivity contribution in [2.45, 2.75) is 6.42 Å². The molecule has 128 valence electrons. The van der Waals surface area contributed by atoms with Gasteiger partial charge in [-0.15, -0.1) is 0 Å². The van der Waals surface area contributed by atoms with Gasteiger partial charge in [-0.05, 0) is 30.2 Å². The Morgan fingerprint density at radius 1 is 1.08 bits per heavy atom. The molecule has 0 saturated carbocycles. The number of carboxylic acid groups (broad SMARTS) is 1.